The first-order valence-corrected chi connectivity index (χ1v) is 7.86. The van der Waals surface area contributed by atoms with Crippen molar-refractivity contribution in [2.24, 2.45) is 11.3 Å². The summed E-state index contributed by atoms with van der Waals surface area (Å²) < 4.78 is 11.6. The van der Waals surface area contributed by atoms with Crippen molar-refractivity contribution in [3.05, 3.63) is 0 Å². The quantitative estimate of drug-likeness (QED) is 0.807. The lowest BCUT2D eigenvalue weighted by Crippen LogP contribution is -2.48. The zero-order valence-corrected chi connectivity index (χ0v) is 13.4. The normalized spacial score (nSPS) is 35.0. The Kier molecular flexibility index (Phi) is 6.11. The Bertz CT molecular complexity index is 294. The van der Waals surface area contributed by atoms with Crippen LogP contribution in [0.3, 0.4) is 0 Å². The van der Waals surface area contributed by atoms with Gasteiger partial charge < -0.3 is 14.8 Å². The molecule has 1 N–H and O–H groups in total. The average molecular weight is 305 g/mol. The number of morpholine rings is 1. The van der Waals surface area contributed by atoms with Crippen LogP contribution in [-0.4, -0.2) is 63.5 Å². The van der Waals surface area contributed by atoms with Crippen molar-refractivity contribution in [1.29, 1.82) is 0 Å². The highest BCUT2D eigenvalue weighted by Gasteiger charge is 2.32. The van der Waals surface area contributed by atoms with Gasteiger partial charge >= 0.3 is 0 Å². The summed E-state index contributed by atoms with van der Waals surface area (Å²) in [6, 6.07) is 0. The molecule has 0 bridgehead atoms. The first-order chi connectivity index (χ1) is 9.23. The third-order valence-electron chi connectivity index (χ3n) is 4.64. The van der Waals surface area contributed by atoms with E-state index in [1.54, 1.807) is 0 Å². The van der Waals surface area contributed by atoms with Crippen molar-refractivity contribution < 1.29 is 9.47 Å². The molecule has 2 aliphatic heterocycles. The molecule has 0 aromatic heterocycles. The summed E-state index contributed by atoms with van der Waals surface area (Å²) >= 11 is 0. The maximum atomic E-state index is 5.83. The third-order valence-corrected chi connectivity index (χ3v) is 4.64. The SMILES string of the molecule is CC1(CN2CCOC(COCC3CC3)C2)CCNC1.Cl. The molecule has 2 saturated heterocycles. The molecule has 3 rings (SSSR count). The molecule has 3 fully saturated rings. The van der Waals surface area contributed by atoms with Gasteiger partial charge in [0.1, 0.15) is 0 Å². The lowest BCUT2D eigenvalue weighted by Gasteiger charge is -2.37. The maximum absolute atomic E-state index is 5.83. The van der Waals surface area contributed by atoms with E-state index >= 15 is 0 Å². The molecule has 0 aromatic rings. The Morgan fingerprint density at radius 3 is 2.90 bits per heavy atom. The molecule has 0 spiro atoms. The predicted molar refractivity (Wildman–Crippen MR) is 82.6 cm³/mol. The Balaban J connectivity index is 0.00000147. The van der Waals surface area contributed by atoms with E-state index in [1.807, 2.05) is 0 Å². The third kappa shape index (κ3) is 4.85. The molecule has 118 valence electrons. The fourth-order valence-corrected chi connectivity index (χ4v) is 3.22. The van der Waals surface area contributed by atoms with E-state index in [2.05, 4.69) is 17.1 Å². The molecule has 0 amide bonds. The predicted octanol–water partition coefficient (Wildman–Crippen LogP) is 1.54. The first-order valence-electron chi connectivity index (χ1n) is 7.86. The summed E-state index contributed by atoms with van der Waals surface area (Å²) in [5.41, 5.74) is 0.455. The van der Waals surface area contributed by atoms with Crippen molar-refractivity contribution in [1.82, 2.24) is 10.2 Å². The van der Waals surface area contributed by atoms with E-state index in [4.69, 9.17) is 9.47 Å². The number of hydrogen-bond acceptors (Lipinski definition) is 4. The van der Waals surface area contributed by atoms with Crippen LogP contribution in [0.1, 0.15) is 26.2 Å². The summed E-state index contributed by atoms with van der Waals surface area (Å²) in [6.45, 7) is 10.6. The molecular weight excluding hydrogens is 276 g/mol. The lowest BCUT2D eigenvalue weighted by atomic mass is 9.89. The highest BCUT2D eigenvalue weighted by molar-refractivity contribution is 5.85. The van der Waals surface area contributed by atoms with Gasteiger partial charge in [0.05, 0.1) is 19.3 Å². The summed E-state index contributed by atoms with van der Waals surface area (Å²) in [7, 11) is 0. The highest BCUT2D eigenvalue weighted by atomic mass is 35.5. The summed E-state index contributed by atoms with van der Waals surface area (Å²) in [4.78, 5) is 2.57. The first kappa shape index (κ1) is 16.5. The standard InChI is InChI=1S/C15H28N2O2.ClH/c1-15(4-5-16-11-15)12-17-6-7-19-14(8-17)10-18-9-13-2-3-13;/h13-14,16H,2-12H2,1H3;1H. The minimum Gasteiger partial charge on any atom is -0.378 e. The summed E-state index contributed by atoms with van der Waals surface area (Å²) in [5, 5.41) is 3.48. The van der Waals surface area contributed by atoms with E-state index in [1.165, 1.54) is 32.4 Å². The molecule has 1 aliphatic carbocycles. The molecule has 2 unspecified atom stereocenters. The van der Waals surface area contributed by atoms with Crippen LogP contribution in [0, 0.1) is 11.3 Å². The zero-order chi connectivity index (χ0) is 13.1. The lowest BCUT2D eigenvalue weighted by molar-refractivity contribution is -0.0763. The van der Waals surface area contributed by atoms with Crippen molar-refractivity contribution >= 4 is 12.4 Å². The minimum absolute atomic E-state index is 0. The van der Waals surface area contributed by atoms with Crippen LogP contribution >= 0.6 is 12.4 Å². The van der Waals surface area contributed by atoms with Gasteiger partial charge in [-0.25, -0.2) is 0 Å². The summed E-state index contributed by atoms with van der Waals surface area (Å²) in [6.07, 6.45) is 4.31. The van der Waals surface area contributed by atoms with Gasteiger partial charge in [0.25, 0.3) is 0 Å². The van der Waals surface area contributed by atoms with E-state index in [9.17, 15) is 0 Å². The fraction of sp³-hybridized carbons (Fsp3) is 1.00. The maximum Gasteiger partial charge on any atom is 0.0935 e. The Morgan fingerprint density at radius 1 is 1.35 bits per heavy atom. The van der Waals surface area contributed by atoms with Gasteiger partial charge in [0, 0.05) is 32.8 Å². The van der Waals surface area contributed by atoms with Crippen LogP contribution in [0.4, 0.5) is 0 Å². The molecule has 0 aromatic carbocycles. The molecule has 20 heavy (non-hydrogen) atoms. The number of halogens is 1. The van der Waals surface area contributed by atoms with E-state index in [-0.39, 0.29) is 18.5 Å². The Labute approximate surface area is 129 Å². The molecule has 1 saturated carbocycles. The molecule has 4 nitrogen and oxygen atoms in total. The van der Waals surface area contributed by atoms with Gasteiger partial charge in [-0.1, -0.05) is 6.92 Å². The molecule has 0 radical (unpaired) electrons. The number of nitrogens with one attached hydrogen (secondary N) is 1. The number of ether oxygens (including phenoxy) is 2. The van der Waals surface area contributed by atoms with Gasteiger partial charge in [-0.3, -0.25) is 4.90 Å². The molecule has 2 heterocycles. The largest absolute Gasteiger partial charge is 0.378 e. The minimum atomic E-state index is 0. The van der Waals surface area contributed by atoms with Crippen LogP contribution in [0.25, 0.3) is 0 Å². The van der Waals surface area contributed by atoms with Gasteiger partial charge in [0.2, 0.25) is 0 Å². The topological polar surface area (TPSA) is 33.7 Å². The van der Waals surface area contributed by atoms with Crippen molar-refractivity contribution in [3.63, 3.8) is 0 Å². The summed E-state index contributed by atoms with van der Waals surface area (Å²) in [5.74, 6) is 0.850. The molecular formula is C15H29ClN2O2. The second-order valence-electron chi connectivity index (χ2n) is 6.95. The zero-order valence-electron chi connectivity index (χ0n) is 12.6. The average Bonchev–Trinajstić information content (AvgIpc) is 3.11. The van der Waals surface area contributed by atoms with Gasteiger partial charge in [-0.2, -0.15) is 0 Å². The fourth-order valence-electron chi connectivity index (χ4n) is 3.22. The second kappa shape index (κ2) is 7.41. The monoisotopic (exact) mass is 304 g/mol. The van der Waals surface area contributed by atoms with E-state index in [0.29, 0.717) is 5.41 Å². The van der Waals surface area contributed by atoms with E-state index in [0.717, 1.165) is 45.4 Å². The Morgan fingerprint density at radius 2 is 2.20 bits per heavy atom. The van der Waals surface area contributed by atoms with E-state index < -0.39 is 0 Å². The van der Waals surface area contributed by atoms with Crippen LogP contribution in [0.5, 0.6) is 0 Å². The number of nitrogens with zero attached hydrogens (tertiary/aromatic N) is 1. The number of hydrogen-bond donors (Lipinski definition) is 1. The van der Waals surface area contributed by atoms with Crippen LogP contribution in [0.15, 0.2) is 0 Å². The van der Waals surface area contributed by atoms with Crippen molar-refractivity contribution in [3.8, 4) is 0 Å². The van der Waals surface area contributed by atoms with Crippen LogP contribution in [0.2, 0.25) is 0 Å². The Hall–Kier alpha value is 0.130. The van der Waals surface area contributed by atoms with Crippen molar-refractivity contribution in [2.75, 3.05) is 52.5 Å². The van der Waals surface area contributed by atoms with Crippen LogP contribution in [-0.2, 0) is 9.47 Å². The van der Waals surface area contributed by atoms with Crippen LogP contribution < -0.4 is 5.32 Å². The van der Waals surface area contributed by atoms with Gasteiger partial charge in [0.15, 0.2) is 0 Å². The molecule has 5 heteroatoms. The van der Waals surface area contributed by atoms with Gasteiger partial charge in [-0.05, 0) is 37.1 Å². The smallest absolute Gasteiger partial charge is 0.0935 e. The number of rotatable bonds is 6. The second-order valence-corrected chi connectivity index (χ2v) is 6.95. The molecule has 3 aliphatic rings. The van der Waals surface area contributed by atoms with Crippen molar-refractivity contribution in [2.45, 2.75) is 32.3 Å². The van der Waals surface area contributed by atoms with Gasteiger partial charge in [-0.15, -0.1) is 12.4 Å². The highest BCUT2D eigenvalue weighted by Crippen LogP contribution is 2.29. The molecule has 2 atom stereocenters.